The first kappa shape index (κ1) is 14.4. The lowest BCUT2D eigenvalue weighted by molar-refractivity contribution is -0.0499. The molecule has 22 heavy (non-hydrogen) atoms. The van der Waals surface area contributed by atoms with Crippen molar-refractivity contribution in [3.8, 4) is 5.75 Å². The van der Waals surface area contributed by atoms with Crippen molar-refractivity contribution in [3.05, 3.63) is 54.1 Å². The van der Waals surface area contributed by atoms with Crippen LogP contribution in [0.4, 0.5) is 13.9 Å². The van der Waals surface area contributed by atoms with E-state index in [0.29, 0.717) is 10.7 Å². The summed E-state index contributed by atoms with van der Waals surface area (Å²) in [5.74, 6) is 0.0762. The van der Waals surface area contributed by atoms with E-state index in [0.717, 1.165) is 10.2 Å². The summed E-state index contributed by atoms with van der Waals surface area (Å²) in [7, 11) is 0. The fraction of sp³-hybridized carbons (Fsp3) is 0.0667. The van der Waals surface area contributed by atoms with Crippen molar-refractivity contribution in [1.82, 2.24) is 4.98 Å². The largest absolute Gasteiger partial charge is 0.434 e. The number of alkyl halides is 2. The van der Waals surface area contributed by atoms with Gasteiger partial charge in [-0.05, 0) is 24.3 Å². The van der Waals surface area contributed by atoms with Gasteiger partial charge in [-0.25, -0.2) is 4.98 Å². The zero-order valence-electron chi connectivity index (χ0n) is 11.2. The first-order valence-corrected chi connectivity index (χ1v) is 7.22. The summed E-state index contributed by atoms with van der Waals surface area (Å²) in [4.78, 5) is 4.36. The molecule has 0 atom stereocenters. The van der Waals surface area contributed by atoms with E-state index in [1.54, 1.807) is 18.2 Å². The van der Waals surface area contributed by atoms with Crippen molar-refractivity contribution < 1.29 is 13.5 Å². The first-order valence-electron chi connectivity index (χ1n) is 6.41. The van der Waals surface area contributed by atoms with Crippen LogP contribution in [0.3, 0.4) is 0 Å². The van der Waals surface area contributed by atoms with Crippen molar-refractivity contribution in [2.45, 2.75) is 6.61 Å². The third-order valence-electron chi connectivity index (χ3n) is 2.79. The van der Waals surface area contributed by atoms with Crippen LogP contribution in [-0.4, -0.2) is 17.8 Å². The summed E-state index contributed by atoms with van der Waals surface area (Å²) in [6, 6.07) is 14.2. The minimum atomic E-state index is -2.87. The maximum Gasteiger partial charge on any atom is 0.387 e. The van der Waals surface area contributed by atoms with E-state index in [2.05, 4.69) is 20.2 Å². The van der Waals surface area contributed by atoms with Gasteiger partial charge < -0.3 is 4.74 Å². The fourth-order valence-electron chi connectivity index (χ4n) is 1.87. The maximum absolute atomic E-state index is 12.3. The highest BCUT2D eigenvalue weighted by Gasteiger charge is 2.07. The molecule has 0 aliphatic carbocycles. The smallest absolute Gasteiger partial charge is 0.387 e. The number of benzene rings is 2. The van der Waals surface area contributed by atoms with Crippen LogP contribution in [0.25, 0.3) is 10.2 Å². The van der Waals surface area contributed by atoms with Gasteiger partial charge in [0.2, 0.25) is 5.13 Å². The van der Waals surface area contributed by atoms with Gasteiger partial charge in [0, 0.05) is 5.56 Å². The van der Waals surface area contributed by atoms with Crippen LogP contribution in [0.2, 0.25) is 0 Å². The molecule has 0 aliphatic heterocycles. The van der Waals surface area contributed by atoms with E-state index in [1.807, 2.05) is 24.3 Å². The molecule has 0 bridgehead atoms. The zero-order valence-corrected chi connectivity index (χ0v) is 12.1. The molecule has 3 rings (SSSR count). The number of ether oxygens (including phenoxy) is 1. The Balaban J connectivity index is 1.74. The van der Waals surface area contributed by atoms with Crippen molar-refractivity contribution in [1.29, 1.82) is 0 Å². The second kappa shape index (κ2) is 6.48. The number of halogens is 2. The Morgan fingerprint density at radius 1 is 1.14 bits per heavy atom. The number of rotatable bonds is 5. The number of hydrazone groups is 1. The molecule has 0 aliphatic rings. The summed E-state index contributed by atoms with van der Waals surface area (Å²) in [5, 5.41) is 4.65. The number of thiazole rings is 1. The number of fused-ring (bicyclic) bond motifs is 1. The van der Waals surface area contributed by atoms with Crippen LogP contribution < -0.4 is 10.2 Å². The number of para-hydroxylation sites is 2. The molecule has 1 aromatic heterocycles. The Kier molecular flexibility index (Phi) is 4.24. The van der Waals surface area contributed by atoms with Gasteiger partial charge >= 0.3 is 6.61 Å². The van der Waals surface area contributed by atoms with Crippen LogP contribution in [0.1, 0.15) is 5.56 Å². The first-order chi connectivity index (χ1) is 10.7. The molecule has 1 heterocycles. The molecule has 0 spiro atoms. The Bertz CT molecular complexity index is 771. The Hall–Kier alpha value is -2.54. The Morgan fingerprint density at radius 2 is 1.91 bits per heavy atom. The summed E-state index contributed by atoms with van der Waals surface area (Å²) in [6.07, 6.45) is 1.42. The highest BCUT2D eigenvalue weighted by Crippen LogP contribution is 2.25. The van der Waals surface area contributed by atoms with Crippen LogP contribution in [-0.2, 0) is 0 Å². The van der Waals surface area contributed by atoms with Gasteiger partial charge in [0.25, 0.3) is 0 Å². The van der Waals surface area contributed by atoms with E-state index in [1.165, 1.54) is 23.6 Å². The summed E-state index contributed by atoms with van der Waals surface area (Å²) >= 11 is 1.46. The van der Waals surface area contributed by atoms with Gasteiger partial charge in [-0.3, -0.25) is 5.43 Å². The fourth-order valence-corrected chi connectivity index (χ4v) is 2.68. The average molecular weight is 319 g/mol. The minimum absolute atomic E-state index is 0.0762. The standard InChI is InChI=1S/C15H11F2N3OS/c16-14(17)21-12-7-3-1-5-10(12)9-18-20-15-19-11-6-2-4-8-13(11)22-15/h1-9,14H,(H,19,20)/b18-9+. The lowest BCUT2D eigenvalue weighted by Gasteiger charge is -2.06. The van der Waals surface area contributed by atoms with Crippen molar-refractivity contribution in [2.75, 3.05) is 5.43 Å². The van der Waals surface area contributed by atoms with Crippen molar-refractivity contribution >= 4 is 32.9 Å². The average Bonchev–Trinajstić information content (AvgIpc) is 2.91. The molecule has 1 N–H and O–H groups in total. The van der Waals surface area contributed by atoms with Crippen LogP contribution in [0.15, 0.2) is 53.6 Å². The number of anilines is 1. The molecule has 4 nitrogen and oxygen atoms in total. The van der Waals surface area contributed by atoms with Gasteiger partial charge in [0.15, 0.2) is 0 Å². The van der Waals surface area contributed by atoms with Gasteiger partial charge in [0.1, 0.15) is 5.75 Å². The number of hydrogen-bond acceptors (Lipinski definition) is 5. The molecule has 0 radical (unpaired) electrons. The normalized spacial score (nSPS) is 11.4. The third-order valence-corrected chi connectivity index (χ3v) is 3.73. The molecule has 0 amide bonds. The Morgan fingerprint density at radius 3 is 2.73 bits per heavy atom. The quantitative estimate of drug-likeness (QED) is 0.562. The molecule has 7 heteroatoms. The molecular weight excluding hydrogens is 308 g/mol. The van der Waals surface area contributed by atoms with Crippen molar-refractivity contribution in [3.63, 3.8) is 0 Å². The molecular formula is C15H11F2N3OS. The monoisotopic (exact) mass is 319 g/mol. The zero-order chi connectivity index (χ0) is 15.4. The van der Waals surface area contributed by atoms with E-state index in [-0.39, 0.29) is 5.75 Å². The Labute approximate surface area is 129 Å². The highest BCUT2D eigenvalue weighted by molar-refractivity contribution is 7.22. The molecule has 112 valence electrons. The number of hydrogen-bond donors (Lipinski definition) is 1. The molecule has 2 aromatic carbocycles. The van der Waals surface area contributed by atoms with Gasteiger partial charge in [-0.1, -0.05) is 35.6 Å². The number of nitrogens with one attached hydrogen (secondary N) is 1. The maximum atomic E-state index is 12.3. The van der Waals surface area contributed by atoms with Gasteiger partial charge in [-0.15, -0.1) is 0 Å². The SMILES string of the molecule is FC(F)Oc1ccccc1/C=N/Nc1nc2ccccc2s1. The number of aromatic nitrogens is 1. The molecule has 3 aromatic rings. The summed E-state index contributed by atoms with van der Waals surface area (Å²) in [6.45, 7) is -2.87. The summed E-state index contributed by atoms with van der Waals surface area (Å²) < 4.78 is 30.1. The van der Waals surface area contributed by atoms with Gasteiger partial charge in [-0.2, -0.15) is 13.9 Å². The lowest BCUT2D eigenvalue weighted by Crippen LogP contribution is -2.04. The van der Waals surface area contributed by atoms with E-state index in [4.69, 9.17) is 0 Å². The minimum Gasteiger partial charge on any atom is -0.434 e. The number of nitrogens with zero attached hydrogens (tertiary/aromatic N) is 2. The molecule has 0 unspecified atom stereocenters. The second-order valence-corrected chi connectivity index (χ2v) is 5.30. The van der Waals surface area contributed by atoms with E-state index >= 15 is 0 Å². The molecule has 0 fully saturated rings. The molecule has 0 saturated carbocycles. The van der Waals surface area contributed by atoms with Crippen LogP contribution in [0, 0.1) is 0 Å². The van der Waals surface area contributed by atoms with E-state index < -0.39 is 6.61 Å². The molecule has 0 saturated heterocycles. The van der Waals surface area contributed by atoms with Crippen LogP contribution >= 0.6 is 11.3 Å². The van der Waals surface area contributed by atoms with Gasteiger partial charge in [0.05, 0.1) is 16.4 Å². The topological polar surface area (TPSA) is 46.5 Å². The highest BCUT2D eigenvalue weighted by atomic mass is 32.1. The summed E-state index contributed by atoms with van der Waals surface area (Å²) in [5.41, 5.74) is 4.13. The van der Waals surface area contributed by atoms with E-state index in [9.17, 15) is 8.78 Å². The third kappa shape index (κ3) is 3.37. The lowest BCUT2D eigenvalue weighted by atomic mass is 10.2. The van der Waals surface area contributed by atoms with Crippen LogP contribution in [0.5, 0.6) is 5.75 Å². The predicted molar refractivity (Wildman–Crippen MR) is 83.9 cm³/mol. The van der Waals surface area contributed by atoms with Crippen molar-refractivity contribution in [2.24, 2.45) is 5.10 Å². The predicted octanol–water partition coefficient (Wildman–Crippen LogP) is 4.34. The second-order valence-electron chi connectivity index (χ2n) is 4.27.